The fourth-order valence-electron chi connectivity index (χ4n) is 3.65. The molecule has 0 aliphatic heterocycles. The monoisotopic (exact) mass is 273 g/mol. The van der Waals surface area contributed by atoms with E-state index in [-0.39, 0.29) is 0 Å². The van der Waals surface area contributed by atoms with E-state index < -0.39 is 0 Å². The molecule has 1 nitrogen and oxygen atoms in total. The summed E-state index contributed by atoms with van der Waals surface area (Å²) < 4.78 is 2.42. The lowest BCUT2D eigenvalue weighted by Crippen LogP contribution is -1.98. The summed E-state index contributed by atoms with van der Waals surface area (Å²) in [7, 11) is 0. The molecule has 0 N–H and O–H groups in total. The molecule has 4 rings (SSSR count). The molecule has 0 saturated heterocycles. The van der Waals surface area contributed by atoms with Crippen LogP contribution in [0.15, 0.2) is 60.2 Å². The van der Waals surface area contributed by atoms with Crippen molar-refractivity contribution in [2.45, 2.75) is 26.7 Å². The van der Waals surface area contributed by atoms with Crippen molar-refractivity contribution in [2.24, 2.45) is 0 Å². The van der Waals surface area contributed by atoms with E-state index in [1.807, 2.05) is 0 Å². The van der Waals surface area contributed by atoms with E-state index in [2.05, 4.69) is 79.9 Å². The van der Waals surface area contributed by atoms with E-state index >= 15 is 0 Å². The Balaban J connectivity index is 2.17. The largest absolute Gasteiger partial charge is 0.309 e. The number of rotatable bonds is 1. The van der Waals surface area contributed by atoms with Crippen LogP contribution in [0, 0.1) is 0 Å². The van der Waals surface area contributed by atoms with Gasteiger partial charge in [0.25, 0.3) is 0 Å². The van der Waals surface area contributed by atoms with Crippen LogP contribution in [0.3, 0.4) is 0 Å². The van der Waals surface area contributed by atoms with E-state index in [0.29, 0.717) is 5.92 Å². The van der Waals surface area contributed by atoms with Gasteiger partial charge in [-0.2, -0.15) is 0 Å². The van der Waals surface area contributed by atoms with E-state index in [0.717, 1.165) is 0 Å². The average Bonchev–Trinajstić information content (AvgIpc) is 2.98. The molecule has 0 bridgehead atoms. The molecule has 1 aliphatic carbocycles. The second kappa shape index (κ2) is 4.36. The Morgan fingerprint density at radius 2 is 1.52 bits per heavy atom. The van der Waals surface area contributed by atoms with Gasteiger partial charge in [0.15, 0.2) is 0 Å². The number of hydrogen-bond acceptors (Lipinski definition) is 0. The Bertz CT molecular complexity index is 865. The van der Waals surface area contributed by atoms with Crippen LogP contribution in [-0.4, -0.2) is 4.57 Å². The van der Waals surface area contributed by atoms with Gasteiger partial charge in [-0.1, -0.05) is 48.9 Å². The number of benzene rings is 2. The minimum atomic E-state index is 0.509. The number of para-hydroxylation sites is 2. The highest BCUT2D eigenvalue weighted by atomic mass is 15.0. The summed E-state index contributed by atoms with van der Waals surface area (Å²) in [6.07, 6.45) is 0. The fourth-order valence-corrected chi connectivity index (χ4v) is 3.65. The van der Waals surface area contributed by atoms with E-state index in [1.165, 1.54) is 39.0 Å². The predicted octanol–water partition coefficient (Wildman–Crippen LogP) is 5.54. The van der Waals surface area contributed by atoms with Crippen LogP contribution in [0.5, 0.6) is 0 Å². The number of fused-ring (bicyclic) bond motifs is 3. The summed E-state index contributed by atoms with van der Waals surface area (Å²) in [5, 5.41) is 1.39. The Morgan fingerprint density at radius 1 is 0.857 bits per heavy atom. The molecular formula is C20H19N. The SMILES string of the molecule is CC1=C(C)C(C)c2c1n(-c1ccccc1)c1ccccc21. The Hall–Kier alpha value is -2.28. The van der Waals surface area contributed by atoms with Crippen LogP contribution < -0.4 is 0 Å². The molecule has 1 heterocycles. The van der Waals surface area contributed by atoms with Gasteiger partial charge in [0, 0.05) is 17.0 Å². The molecule has 0 amide bonds. The third-order valence-corrected chi connectivity index (χ3v) is 4.96. The maximum absolute atomic E-state index is 2.42. The minimum absolute atomic E-state index is 0.509. The van der Waals surface area contributed by atoms with E-state index in [9.17, 15) is 0 Å². The van der Waals surface area contributed by atoms with Crippen molar-refractivity contribution >= 4 is 16.5 Å². The highest BCUT2D eigenvalue weighted by Gasteiger charge is 2.30. The average molecular weight is 273 g/mol. The molecule has 3 aromatic rings. The van der Waals surface area contributed by atoms with Crippen LogP contribution in [0.1, 0.15) is 37.9 Å². The molecule has 104 valence electrons. The van der Waals surface area contributed by atoms with E-state index in [1.54, 1.807) is 0 Å². The van der Waals surface area contributed by atoms with Gasteiger partial charge in [0.1, 0.15) is 0 Å². The summed E-state index contributed by atoms with van der Waals surface area (Å²) >= 11 is 0. The Morgan fingerprint density at radius 3 is 2.29 bits per heavy atom. The summed E-state index contributed by atoms with van der Waals surface area (Å²) in [6, 6.07) is 19.5. The molecule has 1 aliphatic rings. The Kier molecular flexibility index (Phi) is 2.58. The predicted molar refractivity (Wildman–Crippen MR) is 90.0 cm³/mol. The van der Waals surface area contributed by atoms with Crippen molar-refractivity contribution in [1.29, 1.82) is 0 Å². The first-order valence-electron chi connectivity index (χ1n) is 7.56. The van der Waals surface area contributed by atoms with Gasteiger partial charge in [-0.15, -0.1) is 0 Å². The molecular weight excluding hydrogens is 254 g/mol. The quantitative estimate of drug-likeness (QED) is 0.548. The third kappa shape index (κ3) is 1.58. The highest BCUT2D eigenvalue weighted by Crippen LogP contribution is 2.47. The molecule has 2 aromatic carbocycles. The number of allylic oxidation sites excluding steroid dienone is 2. The molecule has 1 atom stereocenters. The van der Waals surface area contributed by atoms with Crippen LogP contribution in [0.2, 0.25) is 0 Å². The van der Waals surface area contributed by atoms with Crippen LogP contribution >= 0.6 is 0 Å². The van der Waals surface area contributed by atoms with Gasteiger partial charge < -0.3 is 4.57 Å². The number of aromatic nitrogens is 1. The lowest BCUT2D eigenvalue weighted by Gasteiger charge is -2.11. The zero-order valence-electron chi connectivity index (χ0n) is 12.7. The molecule has 1 unspecified atom stereocenters. The number of nitrogens with zero attached hydrogens (tertiary/aromatic N) is 1. The molecule has 0 spiro atoms. The molecule has 0 saturated carbocycles. The van der Waals surface area contributed by atoms with E-state index in [4.69, 9.17) is 0 Å². The van der Waals surface area contributed by atoms with Crippen molar-refractivity contribution < 1.29 is 0 Å². The molecule has 21 heavy (non-hydrogen) atoms. The molecule has 1 aromatic heterocycles. The smallest absolute Gasteiger partial charge is 0.0538 e. The van der Waals surface area contributed by atoms with Crippen LogP contribution in [-0.2, 0) is 0 Å². The van der Waals surface area contributed by atoms with Gasteiger partial charge in [-0.3, -0.25) is 0 Å². The van der Waals surface area contributed by atoms with Crippen molar-refractivity contribution in [1.82, 2.24) is 4.57 Å². The summed E-state index contributed by atoms with van der Waals surface area (Å²) in [5.41, 5.74) is 8.37. The van der Waals surface area contributed by atoms with Gasteiger partial charge in [0.2, 0.25) is 0 Å². The Labute approximate surface area is 125 Å². The third-order valence-electron chi connectivity index (χ3n) is 4.96. The van der Waals surface area contributed by atoms with Crippen molar-refractivity contribution in [3.8, 4) is 5.69 Å². The maximum atomic E-state index is 2.42. The van der Waals surface area contributed by atoms with Gasteiger partial charge in [-0.05, 0) is 43.2 Å². The lowest BCUT2D eigenvalue weighted by atomic mass is 9.98. The van der Waals surface area contributed by atoms with Gasteiger partial charge in [-0.25, -0.2) is 0 Å². The van der Waals surface area contributed by atoms with Crippen molar-refractivity contribution in [3.05, 3.63) is 71.4 Å². The zero-order chi connectivity index (χ0) is 14.6. The summed E-state index contributed by atoms with van der Waals surface area (Å²) in [6.45, 7) is 6.85. The van der Waals surface area contributed by atoms with Crippen LogP contribution in [0.4, 0.5) is 0 Å². The van der Waals surface area contributed by atoms with Gasteiger partial charge >= 0.3 is 0 Å². The first-order valence-corrected chi connectivity index (χ1v) is 7.56. The molecule has 0 radical (unpaired) electrons. The first-order chi connectivity index (χ1) is 10.2. The standard InChI is InChI=1S/C20H19N/c1-13-14(2)19-17-11-7-8-12-18(17)21(20(19)15(13)3)16-9-5-4-6-10-16/h4-12,14H,1-3H3. The highest BCUT2D eigenvalue weighted by molar-refractivity contribution is 5.95. The maximum Gasteiger partial charge on any atom is 0.0538 e. The normalized spacial score (nSPS) is 17.6. The van der Waals surface area contributed by atoms with Gasteiger partial charge in [0.05, 0.1) is 11.2 Å². The second-order valence-electron chi connectivity index (χ2n) is 5.98. The molecule has 0 fully saturated rings. The molecule has 1 heteroatoms. The first kappa shape index (κ1) is 12.5. The summed E-state index contributed by atoms with van der Waals surface area (Å²) in [4.78, 5) is 0. The number of hydrogen-bond donors (Lipinski definition) is 0. The lowest BCUT2D eigenvalue weighted by molar-refractivity contribution is 0.926. The minimum Gasteiger partial charge on any atom is -0.309 e. The van der Waals surface area contributed by atoms with Crippen molar-refractivity contribution in [3.63, 3.8) is 0 Å². The fraction of sp³-hybridized carbons (Fsp3) is 0.200. The van der Waals surface area contributed by atoms with Crippen molar-refractivity contribution in [2.75, 3.05) is 0 Å². The van der Waals surface area contributed by atoms with Crippen LogP contribution in [0.25, 0.3) is 22.2 Å². The topological polar surface area (TPSA) is 4.93 Å². The second-order valence-corrected chi connectivity index (χ2v) is 5.98. The zero-order valence-corrected chi connectivity index (χ0v) is 12.7. The summed E-state index contributed by atoms with van der Waals surface area (Å²) in [5.74, 6) is 0.509.